The number of nitrogens with two attached hydrogens (primary N) is 1. The highest BCUT2D eigenvalue weighted by Crippen LogP contribution is 2.25. The summed E-state index contributed by atoms with van der Waals surface area (Å²) >= 11 is 11.0. The first-order valence-electron chi connectivity index (χ1n) is 5.84. The highest BCUT2D eigenvalue weighted by molar-refractivity contribution is 7.80. The number of hydrogen-bond donors (Lipinski definition) is 2. The summed E-state index contributed by atoms with van der Waals surface area (Å²) in [6.45, 7) is 2.04. The van der Waals surface area contributed by atoms with E-state index in [0.717, 1.165) is 16.3 Å². The van der Waals surface area contributed by atoms with Crippen LogP contribution in [0, 0.1) is 0 Å². The summed E-state index contributed by atoms with van der Waals surface area (Å²) < 4.78 is 0. The second kappa shape index (κ2) is 5.99. The molecule has 1 heterocycles. The second-order valence-corrected chi connectivity index (χ2v) is 5.03. The van der Waals surface area contributed by atoms with E-state index >= 15 is 0 Å². The summed E-state index contributed by atoms with van der Waals surface area (Å²) in [7, 11) is 0. The van der Waals surface area contributed by atoms with Crippen molar-refractivity contribution in [2.75, 3.05) is 5.32 Å². The maximum absolute atomic E-state index is 6.16. The minimum atomic E-state index is 0.0891. The van der Waals surface area contributed by atoms with Crippen LogP contribution in [0.2, 0.25) is 5.02 Å². The van der Waals surface area contributed by atoms with E-state index < -0.39 is 0 Å². The van der Waals surface area contributed by atoms with E-state index in [1.165, 1.54) is 0 Å². The average molecular weight is 292 g/mol. The number of hydrogen-bond acceptors (Lipinski definition) is 3. The Morgan fingerprint density at radius 1 is 1.32 bits per heavy atom. The van der Waals surface area contributed by atoms with Gasteiger partial charge in [0.1, 0.15) is 4.99 Å². The molecule has 0 amide bonds. The predicted molar refractivity (Wildman–Crippen MR) is 83.6 cm³/mol. The minimum absolute atomic E-state index is 0.0891. The molecule has 19 heavy (non-hydrogen) atoms. The van der Waals surface area contributed by atoms with E-state index in [9.17, 15) is 0 Å². The van der Waals surface area contributed by atoms with Gasteiger partial charge in [-0.3, -0.25) is 4.98 Å². The van der Waals surface area contributed by atoms with Gasteiger partial charge in [-0.05, 0) is 30.7 Å². The smallest absolute Gasteiger partial charge is 0.122 e. The molecule has 0 aliphatic carbocycles. The van der Waals surface area contributed by atoms with Gasteiger partial charge >= 0.3 is 0 Å². The normalized spacial score (nSPS) is 11.9. The van der Waals surface area contributed by atoms with Crippen molar-refractivity contribution in [2.24, 2.45) is 5.73 Å². The van der Waals surface area contributed by atoms with Gasteiger partial charge in [0.2, 0.25) is 0 Å². The van der Waals surface area contributed by atoms with Gasteiger partial charge in [0, 0.05) is 5.02 Å². The third-order valence-corrected chi connectivity index (χ3v) is 3.32. The van der Waals surface area contributed by atoms with Crippen LogP contribution in [0.4, 0.5) is 5.69 Å². The van der Waals surface area contributed by atoms with Gasteiger partial charge in [-0.1, -0.05) is 42.0 Å². The van der Waals surface area contributed by atoms with Gasteiger partial charge in [-0.25, -0.2) is 0 Å². The maximum Gasteiger partial charge on any atom is 0.122 e. The third-order valence-electron chi connectivity index (χ3n) is 2.77. The molecule has 0 saturated carbocycles. The monoisotopic (exact) mass is 291 g/mol. The molecule has 3 nitrogen and oxygen atoms in total. The van der Waals surface area contributed by atoms with Crippen molar-refractivity contribution in [1.29, 1.82) is 0 Å². The number of halogens is 1. The van der Waals surface area contributed by atoms with E-state index in [4.69, 9.17) is 29.6 Å². The number of aromatic nitrogens is 1. The SMILES string of the molecule is CC(Nc1ccc(C(N)=S)nc1)c1ccccc1Cl. The minimum Gasteiger partial charge on any atom is -0.388 e. The van der Waals surface area contributed by atoms with Gasteiger partial charge in [0.25, 0.3) is 0 Å². The molecule has 0 saturated heterocycles. The van der Waals surface area contributed by atoms with Crippen molar-refractivity contribution in [3.8, 4) is 0 Å². The lowest BCUT2D eigenvalue weighted by atomic mass is 10.1. The largest absolute Gasteiger partial charge is 0.388 e. The van der Waals surface area contributed by atoms with Crippen LogP contribution in [0.1, 0.15) is 24.2 Å². The van der Waals surface area contributed by atoms with E-state index in [-0.39, 0.29) is 6.04 Å². The van der Waals surface area contributed by atoms with E-state index in [1.807, 2.05) is 37.3 Å². The third kappa shape index (κ3) is 3.43. The standard InChI is InChI=1S/C14H14ClN3S/c1-9(11-4-2-3-5-12(11)15)18-10-6-7-13(14(16)19)17-8-10/h2-9,18H,1H3,(H2,16,19). The zero-order valence-corrected chi connectivity index (χ0v) is 12.0. The number of rotatable bonds is 4. The molecular weight excluding hydrogens is 278 g/mol. The number of nitrogens with one attached hydrogen (secondary N) is 1. The van der Waals surface area contributed by atoms with Crippen LogP contribution in [-0.2, 0) is 0 Å². The first-order chi connectivity index (χ1) is 9.08. The molecule has 0 fully saturated rings. The Morgan fingerprint density at radius 2 is 2.05 bits per heavy atom. The summed E-state index contributed by atoms with van der Waals surface area (Å²) in [5, 5.41) is 4.08. The van der Waals surface area contributed by atoms with Crippen LogP contribution >= 0.6 is 23.8 Å². The number of anilines is 1. The Bertz CT molecular complexity index is 583. The van der Waals surface area contributed by atoms with Crippen molar-refractivity contribution in [2.45, 2.75) is 13.0 Å². The molecular formula is C14H14ClN3S. The van der Waals surface area contributed by atoms with Crippen LogP contribution in [0.3, 0.4) is 0 Å². The number of thiocarbonyl (C=S) groups is 1. The fourth-order valence-corrected chi connectivity index (χ4v) is 2.20. The lowest BCUT2D eigenvalue weighted by Gasteiger charge is -2.16. The van der Waals surface area contributed by atoms with E-state index in [2.05, 4.69) is 10.3 Å². The molecule has 2 aromatic rings. The molecule has 0 aliphatic heterocycles. The van der Waals surface area contributed by atoms with Crippen molar-refractivity contribution in [1.82, 2.24) is 4.98 Å². The number of nitrogens with zero attached hydrogens (tertiary/aromatic N) is 1. The summed E-state index contributed by atoms with van der Waals surface area (Å²) in [5.74, 6) is 0. The fourth-order valence-electron chi connectivity index (χ4n) is 1.78. The second-order valence-electron chi connectivity index (χ2n) is 4.18. The summed E-state index contributed by atoms with van der Waals surface area (Å²) in [5.41, 5.74) is 8.06. The molecule has 1 aromatic heterocycles. The molecule has 0 bridgehead atoms. The van der Waals surface area contributed by atoms with Crippen molar-refractivity contribution in [3.63, 3.8) is 0 Å². The predicted octanol–water partition coefficient (Wildman–Crippen LogP) is 3.54. The summed E-state index contributed by atoms with van der Waals surface area (Å²) in [6.07, 6.45) is 1.71. The molecule has 3 N–H and O–H groups in total. The van der Waals surface area contributed by atoms with Crippen LogP contribution in [0.25, 0.3) is 0 Å². The average Bonchev–Trinajstić information content (AvgIpc) is 2.39. The molecule has 1 unspecified atom stereocenters. The van der Waals surface area contributed by atoms with Crippen LogP contribution in [0.5, 0.6) is 0 Å². The first-order valence-corrected chi connectivity index (χ1v) is 6.63. The molecule has 0 radical (unpaired) electrons. The van der Waals surface area contributed by atoms with E-state index in [1.54, 1.807) is 12.3 Å². The summed E-state index contributed by atoms with van der Waals surface area (Å²) in [6, 6.07) is 11.5. The molecule has 0 aliphatic rings. The molecule has 2 rings (SSSR count). The van der Waals surface area contributed by atoms with Gasteiger partial charge in [-0.2, -0.15) is 0 Å². The van der Waals surface area contributed by atoms with Crippen molar-refractivity contribution in [3.05, 3.63) is 58.9 Å². The quantitative estimate of drug-likeness (QED) is 0.846. The van der Waals surface area contributed by atoms with Gasteiger partial charge in [0.05, 0.1) is 23.6 Å². The van der Waals surface area contributed by atoms with Crippen molar-refractivity contribution >= 4 is 34.5 Å². The lowest BCUT2D eigenvalue weighted by Crippen LogP contribution is -2.12. The van der Waals surface area contributed by atoms with Gasteiger partial charge in [-0.15, -0.1) is 0 Å². The van der Waals surface area contributed by atoms with Crippen molar-refractivity contribution < 1.29 is 0 Å². The number of pyridine rings is 1. The fraction of sp³-hybridized carbons (Fsp3) is 0.143. The Labute approximate surface area is 122 Å². The zero-order valence-electron chi connectivity index (χ0n) is 10.4. The maximum atomic E-state index is 6.16. The molecule has 5 heteroatoms. The van der Waals surface area contributed by atoms with Crippen LogP contribution in [-0.4, -0.2) is 9.97 Å². The Kier molecular flexibility index (Phi) is 4.35. The Balaban J connectivity index is 2.13. The van der Waals surface area contributed by atoms with Gasteiger partial charge in [0.15, 0.2) is 0 Å². The Morgan fingerprint density at radius 3 is 2.63 bits per heavy atom. The first kappa shape index (κ1) is 13.8. The highest BCUT2D eigenvalue weighted by Gasteiger charge is 2.09. The zero-order chi connectivity index (χ0) is 13.8. The molecule has 1 atom stereocenters. The topological polar surface area (TPSA) is 50.9 Å². The van der Waals surface area contributed by atoms with Crippen LogP contribution in [0.15, 0.2) is 42.6 Å². The molecule has 98 valence electrons. The Hall–Kier alpha value is -1.65. The van der Waals surface area contributed by atoms with Gasteiger partial charge < -0.3 is 11.1 Å². The molecule has 0 spiro atoms. The number of benzene rings is 1. The van der Waals surface area contributed by atoms with E-state index in [0.29, 0.717) is 10.7 Å². The highest BCUT2D eigenvalue weighted by atomic mass is 35.5. The lowest BCUT2D eigenvalue weighted by molar-refractivity contribution is 0.883. The molecule has 1 aromatic carbocycles. The summed E-state index contributed by atoms with van der Waals surface area (Å²) in [4.78, 5) is 4.48. The van der Waals surface area contributed by atoms with Crippen LogP contribution < -0.4 is 11.1 Å².